The molecule has 5 N–H and O–H groups in total. The summed E-state index contributed by atoms with van der Waals surface area (Å²) in [5, 5.41) is 48.9. The Bertz CT molecular complexity index is 703. The van der Waals surface area contributed by atoms with Crippen LogP contribution in [-0.4, -0.2) is 75.2 Å². The Labute approximate surface area is 157 Å². The minimum Gasteiger partial charge on any atom is -0.394 e. The van der Waals surface area contributed by atoms with Gasteiger partial charge in [0.05, 0.1) is 19.3 Å². The van der Waals surface area contributed by atoms with Crippen molar-refractivity contribution in [3.63, 3.8) is 0 Å². The Hall–Kier alpha value is -1.39. The molecular weight excluding hydrogens is 356 g/mol. The van der Waals surface area contributed by atoms with Crippen molar-refractivity contribution < 1.29 is 39.8 Å². The molecule has 8 heteroatoms. The molecule has 1 aliphatic carbocycles. The molecule has 7 atom stereocenters. The zero-order valence-corrected chi connectivity index (χ0v) is 15.3. The molecule has 2 aliphatic rings. The van der Waals surface area contributed by atoms with Gasteiger partial charge in [-0.05, 0) is 36.1 Å². The van der Waals surface area contributed by atoms with Crippen LogP contribution in [-0.2, 0) is 15.9 Å². The van der Waals surface area contributed by atoms with Gasteiger partial charge in [-0.15, -0.1) is 0 Å². The highest BCUT2D eigenvalue weighted by Crippen LogP contribution is 2.37. The number of rotatable bonds is 5. The van der Waals surface area contributed by atoms with Crippen molar-refractivity contribution in [3.8, 4) is 0 Å². The molecule has 3 rings (SSSR count). The number of hydrogen-bond donors (Lipinski definition) is 5. The maximum atomic E-state index is 12.3. The lowest BCUT2D eigenvalue weighted by Crippen LogP contribution is -2.59. The van der Waals surface area contributed by atoms with Crippen molar-refractivity contribution in [2.24, 2.45) is 5.92 Å². The van der Waals surface area contributed by atoms with E-state index in [-0.39, 0.29) is 12.4 Å². The fourth-order valence-corrected chi connectivity index (χ4v) is 3.65. The summed E-state index contributed by atoms with van der Waals surface area (Å²) in [5.41, 5.74) is 2.94. The third kappa shape index (κ3) is 3.66. The first-order valence-electron chi connectivity index (χ1n) is 9.04. The zero-order chi connectivity index (χ0) is 19.9. The lowest BCUT2D eigenvalue weighted by atomic mass is 9.98. The Morgan fingerprint density at radius 1 is 1.11 bits per heavy atom. The third-order valence-corrected chi connectivity index (χ3v) is 5.48. The quantitative estimate of drug-likeness (QED) is 0.447. The average Bonchev–Trinajstić information content (AvgIpc) is 2.85. The van der Waals surface area contributed by atoms with Crippen LogP contribution < -0.4 is 0 Å². The topological polar surface area (TPSA) is 137 Å². The van der Waals surface area contributed by atoms with Crippen LogP contribution in [0.2, 0.25) is 0 Å². The first-order valence-corrected chi connectivity index (χ1v) is 9.04. The fourth-order valence-electron chi connectivity index (χ4n) is 3.65. The van der Waals surface area contributed by atoms with Gasteiger partial charge in [-0.3, -0.25) is 4.79 Å². The number of ketones is 1. The second-order valence-electron chi connectivity index (χ2n) is 7.28. The van der Waals surface area contributed by atoms with Gasteiger partial charge < -0.3 is 35.0 Å². The van der Waals surface area contributed by atoms with Gasteiger partial charge in [-0.1, -0.05) is 13.0 Å². The fraction of sp³-hybridized carbons (Fsp3) is 0.632. The van der Waals surface area contributed by atoms with E-state index in [4.69, 9.17) is 9.47 Å². The molecule has 1 saturated heterocycles. The molecule has 1 aromatic carbocycles. The second kappa shape index (κ2) is 7.92. The molecule has 150 valence electrons. The minimum absolute atomic E-state index is 0.0893. The minimum atomic E-state index is -1.48. The summed E-state index contributed by atoms with van der Waals surface area (Å²) in [6.45, 7) is 3.19. The number of fused-ring (bicyclic) bond motifs is 1. The summed E-state index contributed by atoms with van der Waals surface area (Å²) >= 11 is 0. The van der Waals surface area contributed by atoms with Gasteiger partial charge in [0.2, 0.25) is 0 Å². The zero-order valence-electron chi connectivity index (χ0n) is 15.3. The van der Waals surface area contributed by atoms with Gasteiger partial charge in [0, 0.05) is 11.5 Å². The predicted molar refractivity (Wildman–Crippen MR) is 93.1 cm³/mol. The number of benzene rings is 1. The monoisotopic (exact) mass is 382 g/mol. The van der Waals surface area contributed by atoms with E-state index in [2.05, 4.69) is 0 Å². The molecular formula is C19H26O8. The van der Waals surface area contributed by atoms with E-state index in [0.717, 1.165) is 11.1 Å². The molecule has 0 bridgehead atoms. The molecule has 0 radical (unpaired) electrons. The lowest BCUT2D eigenvalue weighted by molar-refractivity contribution is -0.300. The molecule has 0 saturated carbocycles. The number of aliphatic hydroxyl groups is 5. The molecule has 1 aliphatic heterocycles. The molecule has 0 amide bonds. The Balaban J connectivity index is 1.65. The van der Waals surface area contributed by atoms with Crippen molar-refractivity contribution in [1.82, 2.24) is 0 Å². The average molecular weight is 382 g/mol. The number of aryl methyl sites for hydroxylation is 1. The summed E-state index contributed by atoms with van der Waals surface area (Å²) < 4.78 is 10.8. The van der Waals surface area contributed by atoms with E-state index in [1.807, 2.05) is 13.0 Å². The van der Waals surface area contributed by atoms with Gasteiger partial charge >= 0.3 is 0 Å². The summed E-state index contributed by atoms with van der Waals surface area (Å²) in [6.07, 6.45) is -6.92. The molecule has 0 spiro atoms. The Morgan fingerprint density at radius 2 is 1.81 bits per heavy atom. The molecule has 1 heterocycles. The number of aliphatic hydroxyl groups excluding tert-OH is 5. The first kappa shape index (κ1) is 20.3. The molecule has 1 aromatic rings. The van der Waals surface area contributed by atoms with Gasteiger partial charge in [0.1, 0.15) is 24.4 Å². The van der Waals surface area contributed by atoms with Crippen molar-refractivity contribution in [1.29, 1.82) is 0 Å². The Morgan fingerprint density at radius 3 is 2.48 bits per heavy atom. The smallest absolute Gasteiger partial charge is 0.186 e. The maximum absolute atomic E-state index is 12.3. The number of hydrogen-bond acceptors (Lipinski definition) is 8. The van der Waals surface area contributed by atoms with Crippen molar-refractivity contribution >= 4 is 5.78 Å². The van der Waals surface area contributed by atoms with Crippen LogP contribution in [0, 0.1) is 12.8 Å². The largest absolute Gasteiger partial charge is 0.394 e. The van der Waals surface area contributed by atoms with Gasteiger partial charge in [0.25, 0.3) is 0 Å². The highest BCUT2D eigenvalue weighted by molar-refractivity contribution is 6.02. The van der Waals surface area contributed by atoms with Crippen molar-refractivity contribution in [2.45, 2.75) is 57.1 Å². The number of carbonyl (C=O) groups is 1. The molecule has 0 unspecified atom stereocenters. The second-order valence-corrected chi connectivity index (χ2v) is 7.28. The highest BCUT2D eigenvalue weighted by Gasteiger charge is 2.44. The summed E-state index contributed by atoms with van der Waals surface area (Å²) in [4.78, 5) is 12.3. The van der Waals surface area contributed by atoms with Crippen LogP contribution in [0.4, 0.5) is 0 Å². The SMILES string of the molecule is Cc1cc2c(cc1CCO[C@@H]1O[C@H](CO)[C@@H](O)[C@H](O)[C@H]1O)C(=O)[C@@H](C)[C@@H]2O. The van der Waals surface area contributed by atoms with Gasteiger partial charge in [-0.2, -0.15) is 0 Å². The van der Waals surface area contributed by atoms with Crippen LogP contribution in [0.15, 0.2) is 12.1 Å². The number of carbonyl (C=O) groups excluding carboxylic acids is 1. The van der Waals surface area contributed by atoms with Gasteiger partial charge in [0.15, 0.2) is 12.1 Å². The Kier molecular flexibility index (Phi) is 5.97. The molecule has 8 nitrogen and oxygen atoms in total. The van der Waals surface area contributed by atoms with Crippen LogP contribution in [0.3, 0.4) is 0 Å². The first-order chi connectivity index (χ1) is 12.8. The molecule has 0 aromatic heterocycles. The van der Waals surface area contributed by atoms with Crippen molar-refractivity contribution in [3.05, 3.63) is 34.4 Å². The van der Waals surface area contributed by atoms with Crippen LogP contribution in [0.25, 0.3) is 0 Å². The van der Waals surface area contributed by atoms with E-state index in [0.29, 0.717) is 17.5 Å². The third-order valence-electron chi connectivity index (χ3n) is 5.48. The van der Waals surface area contributed by atoms with Crippen LogP contribution in [0.1, 0.15) is 40.1 Å². The highest BCUT2D eigenvalue weighted by atomic mass is 16.7. The van der Waals surface area contributed by atoms with E-state index in [9.17, 15) is 30.3 Å². The number of ether oxygens (including phenoxy) is 2. The van der Waals surface area contributed by atoms with Gasteiger partial charge in [-0.25, -0.2) is 0 Å². The lowest BCUT2D eigenvalue weighted by Gasteiger charge is -2.39. The standard InChI is InChI=1S/C19H26O8/c1-8-5-11-12(15(22)9(2)14(11)21)6-10(8)3-4-26-19-18(25)17(24)16(23)13(7-20)27-19/h5-6,9,13-14,16-21,23-25H,3-4,7H2,1-2H3/t9-,13+,14-,16+,17-,18+,19+/m0/s1. The normalized spacial score (nSPS) is 36.1. The molecule has 27 heavy (non-hydrogen) atoms. The van der Waals surface area contributed by atoms with Crippen LogP contribution >= 0.6 is 0 Å². The summed E-state index contributed by atoms with van der Waals surface area (Å²) in [7, 11) is 0. The predicted octanol–water partition coefficient (Wildman–Crippen LogP) is -0.780. The molecule has 1 fully saturated rings. The maximum Gasteiger partial charge on any atom is 0.186 e. The van der Waals surface area contributed by atoms with Crippen molar-refractivity contribution in [2.75, 3.05) is 13.2 Å². The van der Waals surface area contributed by atoms with Crippen LogP contribution in [0.5, 0.6) is 0 Å². The summed E-state index contributed by atoms with van der Waals surface area (Å²) in [5.74, 6) is -0.548. The van der Waals surface area contributed by atoms with E-state index >= 15 is 0 Å². The summed E-state index contributed by atoms with van der Waals surface area (Å²) in [6, 6.07) is 3.57. The number of Topliss-reactive ketones (excluding diaryl/α,β-unsaturated/α-hetero) is 1. The van der Waals surface area contributed by atoms with E-state index in [1.165, 1.54) is 0 Å². The van der Waals surface area contributed by atoms with E-state index in [1.54, 1.807) is 13.0 Å². The van der Waals surface area contributed by atoms with E-state index < -0.39 is 49.3 Å².